The zero-order valence-electron chi connectivity index (χ0n) is 8.46. The van der Waals surface area contributed by atoms with Crippen molar-refractivity contribution in [2.45, 2.75) is 0 Å². The summed E-state index contributed by atoms with van der Waals surface area (Å²) < 4.78 is 0. The highest BCUT2D eigenvalue weighted by atomic mass is 35.5. The normalized spacial score (nSPS) is 9.71. The van der Waals surface area contributed by atoms with Crippen molar-refractivity contribution in [1.29, 1.82) is 0 Å². The van der Waals surface area contributed by atoms with Gasteiger partial charge in [0.1, 0.15) is 10.8 Å². The van der Waals surface area contributed by atoms with Gasteiger partial charge in [-0.1, -0.05) is 34.9 Å². The smallest absolute Gasteiger partial charge is 0.209 e. The zero-order chi connectivity index (χ0) is 12.3. The lowest BCUT2D eigenvalue weighted by Crippen LogP contribution is -2.07. The van der Waals surface area contributed by atoms with E-state index in [2.05, 4.69) is 20.2 Å². The molecule has 0 unspecified atom stereocenters. The second kappa shape index (κ2) is 4.69. The molecule has 0 bridgehead atoms. The molecule has 0 aliphatic rings. The van der Waals surface area contributed by atoms with E-state index < -0.39 is 0 Å². The summed E-state index contributed by atoms with van der Waals surface area (Å²) in [6, 6.07) is 7.82. The number of nitrogens with one attached hydrogen (secondary N) is 1. The second-order valence-electron chi connectivity index (χ2n) is 3.17. The average molecular weight is 248 g/mol. The van der Waals surface area contributed by atoms with E-state index in [-0.39, 0.29) is 16.3 Å². The maximum absolute atomic E-state index is 11.6. The molecule has 2 rings (SSSR count). The van der Waals surface area contributed by atoms with E-state index in [4.69, 9.17) is 17.1 Å². The minimum absolute atomic E-state index is 0.171. The minimum Gasteiger partial charge on any atom is -0.287 e. The molecule has 0 aliphatic carbocycles. The molecule has 0 amide bonds. The van der Waals surface area contributed by atoms with Crippen LogP contribution in [0, 0.1) is 0 Å². The molecule has 0 aliphatic heterocycles. The first-order valence-corrected chi connectivity index (χ1v) is 4.99. The van der Waals surface area contributed by atoms with Crippen molar-refractivity contribution in [3.8, 4) is 11.3 Å². The maximum Gasteiger partial charge on any atom is 0.209 e. The number of benzene rings is 1. The number of H-pyrrole nitrogens is 1. The molecule has 1 aromatic carbocycles. The lowest BCUT2D eigenvalue weighted by atomic mass is 10.1. The number of halogens is 1. The average Bonchev–Trinajstić information content (AvgIpc) is 2.29. The Kier molecular flexibility index (Phi) is 3.09. The second-order valence-corrected chi connectivity index (χ2v) is 3.58. The largest absolute Gasteiger partial charge is 0.287 e. The van der Waals surface area contributed by atoms with E-state index in [1.165, 1.54) is 6.07 Å². The number of aromatic nitrogens is 2. The molecule has 84 valence electrons. The van der Waals surface area contributed by atoms with E-state index in [0.717, 1.165) is 0 Å². The molecule has 2 aromatic rings. The topological polar surface area (TPSA) is 94.5 Å². The molecule has 0 saturated carbocycles. The number of azide groups is 1. The van der Waals surface area contributed by atoms with Gasteiger partial charge in [0.05, 0.1) is 0 Å². The molecular formula is C10H6ClN5O. The van der Waals surface area contributed by atoms with Gasteiger partial charge in [0.15, 0.2) is 0 Å². The van der Waals surface area contributed by atoms with Crippen molar-refractivity contribution in [3.05, 3.63) is 56.2 Å². The van der Waals surface area contributed by atoms with Crippen LogP contribution in [-0.2, 0) is 0 Å². The lowest BCUT2D eigenvalue weighted by Gasteiger charge is -2.00. The molecule has 0 radical (unpaired) electrons. The summed E-state index contributed by atoms with van der Waals surface area (Å²) in [6.45, 7) is 0. The Bertz CT molecular complexity index is 660. The Hall–Kier alpha value is -2.30. The molecule has 0 spiro atoms. The summed E-state index contributed by atoms with van der Waals surface area (Å²) in [7, 11) is 0. The highest BCUT2D eigenvalue weighted by Gasteiger charge is 2.05. The van der Waals surface area contributed by atoms with Crippen molar-refractivity contribution in [2.24, 2.45) is 5.11 Å². The van der Waals surface area contributed by atoms with E-state index >= 15 is 0 Å². The molecule has 0 fully saturated rings. The van der Waals surface area contributed by atoms with Crippen molar-refractivity contribution < 1.29 is 0 Å². The molecule has 1 heterocycles. The number of nitrogens with zero attached hydrogens (tertiary/aromatic N) is 4. The number of hydrogen-bond acceptors (Lipinski definition) is 3. The van der Waals surface area contributed by atoms with Gasteiger partial charge in [-0.3, -0.25) is 9.89 Å². The standard InChI is InChI=1S/C10H6ClN5O/c11-9-5-8(17)10(15-14-9)6-2-1-3-7(4-6)13-16-12/h1-5H,(H,14,17). The SMILES string of the molecule is [N-]=[N+]=Nc1cccc(-c2n[nH]c(Cl)cc2=O)c1. The van der Waals surface area contributed by atoms with Gasteiger partial charge in [-0.2, -0.15) is 5.10 Å². The monoisotopic (exact) mass is 247 g/mol. The van der Waals surface area contributed by atoms with Crippen LogP contribution in [0.25, 0.3) is 21.7 Å². The summed E-state index contributed by atoms with van der Waals surface area (Å²) in [6.07, 6.45) is 0. The molecule has 0 atom stereocenters. The van der Waals surface area contributed by atoms with Gasteiger partial charge in [-0.15, -0.1) is 0 Å². The van der Waals surface area contributed by atoms with E-state index in [0.29, 0.717) is 11.3 Å². The summed E-state index contributed by atoms with van der Waals surface area (Å²) in [5, 5.41) is 9.97. The van der Waals surface area contributed by atoms with Crippen LogP contribution in [0.4, 0.5) is 5.69 Å². The van der Waals surface area contributed by atoms with Crippen LogP contribution in [0.3, 0.4) is 0 Å². The third-order valence-electron chi connectivity index (χ3n) is 2.05. The van der Waals surface area contributed by atoms with Gasteiger partial charge >= 0.3 is 0 Å². The first-order valence-electron chi connectivity index (χ1n) is 4.61. The van der Waals surface area contributed by atoms with Crippen LogP contribution >= 0.6 is 11.6 Å². The van der Waals surface area contributed by atoms with Crippen LogP contribution in [0.15, 0.2) is 40.2 Å². The van der Waals surface area contributed by atoms with E-state index in [1.54, 1.807) is 24.3 Å². The van der Waals surface area contributed by atoms with Crippen LogP contribution in [-0.4, -0.2) is 10.2 Å². The fourth-order valence-electron chi connectivity index (χ4n) is 1.35. The number of rotatable bonds is 2. The van der Waals surface area contributed by atoms with Crippen LogP contribution < -0.4 is 5.43 Å². The molecular weight excluding hydrogens is 242 g/mol. The quantitative estimate of drug-likeness (QED) is 0.502. The maximum atomic E-state index is 11.6. The number of hydrogen-bond donors (Lipinski definition) is 1. The van der Waals surface area contributed by atoms with Crippen molar-refractivity contribution >= 4 is 17.3 Å². The van der Waals surface area contributed by atoms with Gasteiger partial charge in [0.25, 0.3) is 0 Å². The predicted octanol–water partition coefficient (Wildman–Crippen LogP) is 3.03. The third kappa shape index (κ3) is 2.44. The highest BCUT2D eigenvalue weighted by Crippen LogP contribution is 2.20. The van der Waals surface area contributed by atoms with E-state index in [9.17, 15) is 4.79 Å². The molecule has 6 nitrogen and oxygen atoms in total. The Morgan fingerprint density at radius 2 is 2.24 bits per heavy atom. The van der Waals surface area contributed by atoms with Crippen molar-refractivity contribution in [2.75, 3.05) is 0 Å². The molecule has 1 N–H and O–H groups in total. The van der Waals surface area contributed by atoms with Crippen LogP contribution in [0.5, 0.6) is 0 Å². The summed E-state index contributed by atoms with van der Waals surface area (Å²) in [5.41, 5.74) is 9.24. The Morgan fingerprint density at radius 1 is 1.41 bits per heavy atom. The molecule has 17 heavy (non-hydrogen) atoms. The van der Waals surface area contributed by atoms with Crippen molar-refractivity contribution in [1.82, 2.24) is 10.2 Å². The van der Waals surface area contributed by atoms with Gasteiger partial charge in [0, 0.05) is 22.2 Å². The van der Waals surface area contributed by atoms with Crippen molar-refractivity contribution in [3.63, 3.8) is 0 Å². The first-order chi connectivity index (χ1) is 8.20. The lowest BCUT2D eigenvalue weighted by molar-refractivity contribution is 1.03. The summed E-state index contributed by atoms with van der Waals surface area (Å²) in [4.78, 5) is 14.3. The number of aromatic amines is 1. The van der Waals surface area contributed by atoms with Gasteiger partial charge in [0.2, 0.25) is 5.43 Å². The molecule has 1 aromatic heterocycles. The summed E-state index contributed by atoms with van der Waals surface area (Å²) in [5.74, 6) is 0. The van der Waals surface area contributed by atoms with Gasteiger partial charge < -0.3 is 0 Å². The van der Waals surface area contributed by atoms with Crippen LogP contribution in [0.1, 0.15) is 0 Å². The minimum atomic E-state index is -0.299. The third-order valence-corrected chi connectivity index (χ3v) is 2.24. The highest BCUT2D eigenvalue weighted by molar-refractivity contribution is 6.29. The molecule has 0 saturated heterocycles. The fraction of sp³-hybridized carbons (Fsp3) is 0. The van der Waals surface area contributed by atoms with Gasteiger partial charge in [-0.25, -0.2) is 0 Å². The van der Waals surface area contributed by atoms with Gasteiger partial charge in [-0.05, 0) is 11.6 Å². The van der Waals surface area contributed by atoms with Crippen LogP contribution in [0.2, 0.25) is 5.15 Å². The predicted molar refractivity (Wildman–Crippen MR) is 64.1 cm³/mol. The first kappa shape index (κ1) is 11.2. The zero-order valence-corrected chi connectivity index (χ0v) is 9.22. The Labute approximate surface area is 100 Å². The van der Waals surface area contributed by atoms with E-state index in [1.807, 2.05) is 0 Å². The fourth-order valence-corrected chi connectivity index (χ4v) is 1.50. The molecule has 7 heteroatoms. The Morgan fingerprint density at radius 3 is 2.94 bits per heavy atom. The Balaban J connectivity index is 2.56. The summed E-state index contributed by atoms with van der Waals surface area (Å²) >= 11 is 5.60.